The minimum atomic E-state index is 0.677. The predicted molar refractivity (Wildman–Crippen MR) is 85.6 cm³/mol. The Labute approximate surface area is 127 Å². The van der Waals surface area contributed by atoms with Gasteiger partial charge in [0.2, 0.25) is 0 Å². The van der Waals surface area contributed by atoms with Crippen LogP contribution in [0, 0.1) is 0 Å². The molecule has 0 amide bonds. The van der Waals surface area contributed by atoms with Crippen LogP contribution in [0.25, 0.3) is 0 Å². The van der Waals surface area contributed by atoms with Crippen molar-refractivity contribution in [1.29, 1.82) is 0 Å². The number of halogens is 2. The Hall–Kier alpha value is 0.300. The molecule has 0 saturated heterocycles. The van der Waals surface area contributed by atoms with Gasteiger partial charge in [-0.25, -0.2) is 0 Å². The summed E-state index contributed by atoms with van der Waals surface area (Å²) in [4.78, 5) is 0. The van der Waals surface area contributed by atoms with Gasteiger partial charge in [0.1, 0.15) is 0 Å². The summed E-state index contributed by atoms with van der Waals surface area (Å²) in [5.41, 5.74) is 1.26. The molecule has 0 heterocycles. The SMILES string of the molecule is CSC1CCC(NCc2ccc(Br)c(Cl)c2)CC1. The van der Waals surface area contributed by atoms with Gasteiger partial charge in [0.15, 0.2) is 0 Å². The van der Waals surface area contributed by atoms with Crippen molar-refractivity contribution in [2.75, 3.05) is 6.26 Å². The van der Waals surface area contributed by atoms with Crippen LogP contribution in [0.3, 0.4) is 0 Å². The highest BCUT2D eigenvalue weighted by atomic mass is 79.9. The molecule has 1 fully saturated rings. The van der Waals surface area contributed by atoms with Gasteiger partial charge >= 0.3 is 0 Å². The monoisotopic (exact) mass is 347 g/mol. The van der Waals surface area contributed by atoms with Gasteiger partial charge in [0.25, 0.3) is 0 Å². The normalized spacial score (nSPS) is 24.2. The molecule has 0 aliphatic heterocycles. The van der Waals surface area contributed by atoms with Gasteiger partial charge in [0.05, 0.1) is 5.02 Å². The van der Waals surface area contributed by atoms with Crippen molar-refractivity contribution in [1.82, 2.24) is 5.32 Å². The largest absolute Gasteiger partial charge is 0.310 e. The highest BCUT2D eigenvalue weighted by Gasteiger charge is 2.19. The van der Waals surface area contributed by atoms with Crippen LogP contribution >= 0.6 is 39.3 Å². The van der Waals surface area contributed by atoms with Crippen LogP contribution < -0.4 is 5.32 Å². The lowest BCUT2D eigenvalue weighted by molar-refractivity contribution is 0.379. The Morgan fingerprint density at radius 1 is 1.33 bits per heavy atom. The number of hydrogen-bond acceptors (Lipinski definition) is 2. The third-order valence-corrected chi connectivity index (χ3v) is 5.96. The molecule has 1 aromatic carbocycles. The van der Waals surface area contributed by atoms with Crippen molar-refractivity contribution in [2.24, 2.45) is 0 Å². The average Bonchev–Trinajstić information content (AvgIpc) is 2.41. The minimum Gasteiger partial charge on any atom is -0.310 e. The average molecular weight is 349 g/mol. The van der Waals surface area contributed by atoms with E-state index in [9.17, 15) is 0 Å². The Morgan fingerprint density at radius 2 is 2.06 bits per heavy atom. The molecule has 1 nitrogen and oxygen atoms in total. The fraction of sp³-hybridized carbons (Fsp3) is 0.571. The van der Waals surface area contributed by atoms with E-state index in [0.29, 0.717) is 6.04 Å². The van der Waals surface area contributed by atoms with E-state index in [1.807, 2.05) is 23.9 Å². The van der Waals surface area contributed by atoms with Crippen LogP contribution in [0.15, 0.2) is 22.7 Å². The molecule has 0 spiro atoms. The van der Waals surface area contributed by atoms with E-state index < -0.39 is 0 Å². The first kappa shape index (κ1) is 14.7. The first-order valence-corrected chi connectivity index (χ1v) is 8.85. The van der Waals surface area contributed by atoms with Crippen LogP contribution in [-0.2, 0) is 6.54 Å². The first-order chi connectivity index (χ1) is 8.69. The van der Waals surface area contributed by atoms with Crippen molar-refractivity contribution >= 4 is 39.3 Å². The van der Waals surface area contributed by atoms with Gasteiger partial charge < -0.3 is 5.32 Å². The Bertz CT molecular complexity index is 391. The molecule has 1 aliphatic rings. The lowest BCUT2D eigenvalue weighted by Crippen LogP contribution is -2.33. The molecule has 4 heteroatoms. The summed E-state index contributed by atoms with van der Waals surface area (Å²) >= 11 is 11.5. The number of benzene rings is 1. The Balaban J connectivity index is 1.79. The van der Waals surface area contributed by atoms with E-state index in [1.165, 1.54) is 31.2 Å². The van der Waals surface area contributed by atoms with Crippen molar-refractivity contribution in [3.8, 4) is 0 Å². The van der Waals surface area contributed by atoms with Gasteiger partial charge in [-0.3, -0.25) is 0 Å². The fourth-order valence-corrected chi connectivity index (χ4v) is 3.61. The van der Waals surface area contributed by atoms with Gasteiger partial charge in [-0.1, -0.05) is 17.7 Å². The van der Waals surface area contributed by atoms with E-state index in [1.54, 1.807) is 0 Å². The van der Waals surface area contributed by atoms with Crippen LogP contribution in [-0.4, -0.2) is 17.5 Å². The van der Waals surface area contributed by atoms with E-state index >= 15 is 0 Å². The van der Waals surface area contributed by atoms with Crippen LogP contribution in [0.5, 0.6) is 0 Å². The summed E-state index contributed by atoms with van der Waals surface area (Å²) in [6.45, 7) is 0.918. The number of hydrogen-bond donors (Lipinski definition) is 1. The molecular weight excluding hydrogens is 330 g/mol. The maximum absolute atomic E-state index is 6.10. The lowest BCUT2D eigenvalue weighted by Gasteiger charge is -2.28. The molecule has 1 aliphatic carbocycles. The molecule has 2 rings (SSSR count). The zero-order valence-electron chi connectivity index (χ0n) is 10.6. The van der Waals surface area contributed by atoms with Crippen LogP contribution in [0.1, 0.15) is 31.2 Å². The number of nitrogens with one attached hydrogen (secondary N) is 1. The molecule has 1 aromatic rings. The van der Waals surface area contributed by atoms with E-state index in [-0.39, 0.29) is 0 Å². The third kappa shape index (κ3) is 4.16. The highest BCUT2D eigenvalue weighted by molar-refractivity contribution is 9.10. The van der Waals surface area contributed by atoms with Gasteiger partial charge in [0, 0.05) is 22.3 Å². The maximum atomic E-state index is 6.10. The molecule has 0 bridgehead atoms. The lowest BCUT2D eigenvalue weighted by atomic mass is 9.95. The van der Waals surface area contributed by atoms with Crippen molar-refractivity contribution < 1.29 is 0 Å². The smallest absolute Gasteiger partial charge is 0.0551 e. The molecular formula is C14H19BrClNS. The summed E-state index contributed by atoms with van der Waals surface area (Å²) in [6.07, 6.45) is 7.52. The molecule has 18 heavy (non-hydrogen) atoms. The molecule has 0 aromatic heterocycles. The molecule has 0 unspecified atom stereocenters. The molecule has 0 atom stereocenters. The second-order valence-electron chi connectivity index (χ2n) is 4.84. The van der Waals surface area contributed by atoms with Crippen LogP contribution in [0.4, 0.5) is 0 Å². The standard InChI is InChI=1S/C14H19BrClNS/c1-18-12-5-3-11(4-6-12)17-9-10-2-7-13(15)14(16)8-10/h2,7-8,11-12,17H,3-6,9H2,1H3. The third-order valence-electron chi connectivity index (χ3n) is 3.59. The summed E-state index contributed by atoms with van der Waals surface area (Å²) < 4.78 is 0.966. The minimum absolute atomic E-state index is 0.677. The van der Waals surface area contributed by atoms with E-state index in [2.05, 4.69) is 33.6 Å². The second-order valence-corrected chi connectivity index (χ2v) is 7.24. The van der Waals surface area contributed by atoms with Gasteiger partial charge in [-0.2, -0.15) is 11.8 Å². The van der Waals surface area contributed by atoms with Crippen molar-refractivity contribution in [2.45, 2.75) is 43.5 Å². The Morgan fingerprint density at radius 3 is 2.67 bits per heavy atom. The zero-order valence-corrected chi connectivity index (χ0v) is 13.7. The summed E-state index contributed by atoms with van der Waals surface area (Å²) in [5.74, 6) is 0. The van der Waals surface area contributed by atoms with Crippen LogP contribution in [0.2, 0.25) is 5.02 Å². The topological polar surface area (TPSA) is 12.0 Å². The molecule has 1 N–H and O–H groups in total. The summed E-state index contributed by atoms with van der Waals surface area (Å²) in [5, 5.41) is 5.32. The fourth-order valence-electron chi connectivity index (χ4n) is 2.41. The summed E-state index contributed by atoms with van der Waals surface area (Å²) in [6, 6.07) is 6.85. The van der Waals surface area contributed by atoms with Crippen molar-refractivity contribution in [3.63, 3.8) is 0 Å². The zero-order chi connectivity index (χ0) is 13.0. The quantitative estimate of drug-likeness (QED) is 0.833. The molecule has 0 radical (unpaired) electrons. The van der Waals surface area contributed by atoms with E-state index in [0.717, 1.165) is 21.3 Å². The summed E-state index contributed by atoms with van der Waals surface area (Å²) in [7, 11) is 0. The number of rotatable bonds is 4. The molecule has 1 saturated carbocycles. The maximum Gasteiger partial charge on any atom is 0.0551 e. The predicted octanol–water partition coefficient (Wildman–Crippen LogP) is 4.87. The van der Waals surface area contributed by atoms with Crippen molar-refractivity contribution in [3.05, 3.63) is 33.3 Å². The van der Waals surface area contributed by atoms with Gasteiger partial charge in [-0.05, 0) is 65.6 Å². The highest BCUT2D eigenvalue weighted by Crippen LogP contribution is 2.27. The number of thioether (sulfide) groups is 1. The molecule has 100 valence electrons. The Kier molecular flexibility index (Phi) is 5.87. The van der Waals surface area contributed by atoms with Gasteiger partial charge in [-0.15, -0.1) is 0 Å². The first-order valence-electron chi connectivity index (χ1n) is 6.39. The second kappa shape index (κ2) is 7.18. The van der Waals surface area contributed by atoms with E-state index in [4.69, 9.17) is 11.6 Å².